The molecule has 0 amide bonds. The zero-order chi connectivity index (χ0) is 18.4. The zero-order valence-corrected chi connectivity index (χ0v) is 16.0. The van der Waals surface area contributed by atoms with Gasteiger partial charge in [0.2, 0.25) is 5.72 Å². The average molecular weight is 384 g/mol. The van der Waals surface area contributed by atoms with Crippen molar-refractivity contribution in [1.29, 1.82) is 0 Å². The molecular formula is C21H22ClN3O2. The fraction of sp³-hybridized carbons (Fsp3) is 0.381. The van der Waals surface area contributed by atoms with Crippen LogP contribution >= 0.6 is 11.6 Å². The first-order chi connectivity index (χ1) is 13.2. The molecule has 5 rings (SSSR count). The second-order valence-corrected chi connectivity index (χ2v) is 7.68. The number of piperidine rings is 1. The van der Waals surface area contributed by atoms with Gasteiger partial charge in [-0.3, -0.25) is 0 Å². The summed E-state index contributed by atoms with van der Waals surface area (Å²) in [6.07, 6.45) is 2.56. The molecule has 1 N–H and O–H groups in total. The Balaban J connectivity index is 1.63. The standard InChI is InChI=1S/C21H22ClN3O2/c1-26-19-8-4-6-15-18-13-17(14-5-2-3-7-16(14)22)24-25(18)21(27-20(15)19)9-11-23-12-10-21/h2-8,18,23H,9-13H2,1H3. The van der Waals surface area contributed by atoms with Crippen molar-refractivity contribution in [2.24, 2.45) is 5.10 Å². The summed E-state index contributed by atoms with van der Waals surface area (Å²) >= 11 is 6.47. The van der Waals surface area contributed by atoms with Crippen molar-refractivity contribution in [2.75, 3.05) is 20.2 Å². The number of hydrogen-bond acceptors (Lipinski definition) is 5. The first-order valence-corrected chi connectivity index (χ1v) is 9.78. The minimum atomic E-state index is -0.444. The van der Waals surface area contributed by atoms with Gasteiger partial charge in [0.15, 0.2) is 11.5 Å². The monoisotopic (exact) mass is 383 g/mol. The third-order valence-corrected chi connectivity index (χ3v) is 6.11. The van der Waals surface area contributed by atoms with Crippen LogP contribution in [0.1, 0.15) is 36.4 Å². The first kappa shape index (κ1) is 16.9. The van der Waals surface area contributed by atoms with E-state index in [1.165, 1.54) is 0 Å². The Morgan fingerprint density at radius 1 is 1.19 bits per heavy atom. The lowest BCUT2D eigenvalue weighted by atomic mass is 9.91. The summed E-state index contributed by atoms with van der Waals surface area (Å²) in [5, 5.41) is 11.4. The molecule has 3 aliphatic heterocycles. The Morgan fingerprint density at radius 2 is 2.00 bits per heavy atom. The van der Waals surface area contributed by atoms with E-state index in [9.17, 15) is 0 Å². The molecule has 2 aromatic rings. The van der Waals surface area contributed by atoms with Crippen molar-refractivity contribution in [3.8, 4) is 11.5 Å². The summed E-state index contributed by atoms with van der Waals surface area (Å²) in [6, 6.07) is 14.2. The lowest BCUT2D eigenvalue weighted by Gasteiger charge is -2.49. The number of nitrogens with one attached hydrogen (secondary N) is 1. The second-order valence-electron chi connectivity index (χ2n) is 7.27. The number of hydrogen-bond donors (Lipinski definition) is 1. The van der Waals surface area contributed by atoms with Crippen LogP contribution in [0.5, 0.6) is 11.5 Å². The molecule has 5 nitrogen and oxygen atoms in total. The van der Waals surface area contributed by atoms with Crippen LogP contribution in [-0.2, 0) is 0 Å². The van der Waals surface area contributed by atoms with Crippen molar-refractivity contribution >= 4 is 17.3 Å². The van der Waals surface area contributed by atoms with Crippen LogP contribution in [0.2, 0.25) is 5.02 Å². The highest BCUT2D eigenvalue weighted by Crippen LogP contribution is 2.52. The minimum absolute atomic E-state index is 0.133. The molecule has 1 spiro atoms. The minimum Gasteiger partial charge on any atom is -0.493 e. The van der Waals surface area contributed by atoms with E-state index >= 15 is 0 Å². The topological polar surface area (TPSA) is 46.1 Å². The first-order valence-electron chi connectivity index (χ1n) is 9.40. The molecular weight excluding hydrogens is 362 g/mol. The summed E-state index contributed by atoms with van der Waals surface area (Å²) in [4.78, 5) is 0. The summed E-state index contributed by atoms with van der Waals surface area (Å²) in [5.74, 6) is 1.65. The number of methoxy groups -OCH3 is 1. The van der Waals surface area contributed by atoms with E-state index in [1.807, 2.05) is 36.4 Å². The van der Waals surface area contributed by atoms with Crippen molar-refractivity contribution in [1.82, 2.24) is 10.3 Å². The fourth-order valence-electron chi connectivity index (χ4n) is 4.44. The summed E-state index contributed by atoms with van der Waals surface area (Å²) in [5.41, 5.74) is 2.70. The van der Waals surface area contributed by atoms with Gasteiger partial charge >= 0.3 is 0 Å². The molecule has 0 saturated carbocycles. The van der Waals surface area contributed by atoms with Crippen LogP contribution in [0.4, 0.5) is 0 Å². The van der Waals surface area contributed by atoms with Crippen LogP contribution in [0.25, 0.3) is 0 Å². The second kappa shape index (κ2) is 6.43. The molecule has 0 bridgehead atoms. The quantitative estimate of drug-likeness (QED) is 0.852. The maximum Gasteiger partial charge on any atom is 0.200 e. The number of fused-ring (bicyclic) bond motifs is 4. The van der Waals surface area contributed by atoms with E-state index < -0.39 is 5.72 Å². The van der Waals surface area contributed by atoms with Crippen LogP contribution < -0.4 is 14.8 Å². The highest BCUT2D eigenvalue weighted by molar-refractivity contribution is 6.34. The Hall–Kier alpha value is -2.24. The van der Waals surface area contributed by atoms with Gasteiger partial charge < -0.3 is 14.8 Å². The molecule has 1 saturated heterocycles. The predicted octanol–water partition coefficient (Wildman–Crippen LogP) is 3.97. The number of hydrazone groups is 1. The number of halogens is 1. The largest absolute Gasteiger partial charge is 0.493 e. The molecule has 3 heterocycles. The number of rotatable bonds is 2. The highest BCUT2D eigenvalue weighted by atomic mass is 35.5. The number of ether oxygens (including phenoxy) is 2. The van der Waals surface area contributed by atoms with E-state index in [0.29, 0.717) is 0 Å². The van der Waals surface area contributed by atoms with Crippen LogP contribution in [0.15, 0.2) is 47.6 Å². The van der Waals surface area contributed by atoms with Gasteiger partial charge in [-0.15, -0.1) is 0 Å². The van der Waals surface area contributed by atoms with Crippen molar-refractivity contribution in [2.45, 2.75) is 31.0 Å². The molecule has 1 atom stereocenters. The van der Waals surface area contributed by atoms with E-state index in [-0.39, 0.29) is 6.04 Å². The summed E-state index contributed by atoms with van der Waals surface area (Å²) < 4.78 is 12.2. The van der Waals surface area contributed by atoms with Gasteiger partial charge in [0, 0.05) is 48.5 Å². The molecule has 0 radical (unpaired) electrons. The van der Waals surface area contributed by atoms with Crippen LogP contribution in [-0.4, -0.2) is 36.6 Å². The van der Waals surface area contributed by atoms with Crippen molar-refractivity contribution in [3.05, 3.63) is 58.6 Å². The Bertz CT molecular complexity index is 908. The maximum absolute atomic E-state index is 6.63. The van der Waals surface area contributed by atoms with Gasteiger partial charge in [-0.2, -0.15) is 5.10 Å². The maximum atomic E-state index is 6.63. The van der Waals surface area contributed by atoms with Crippen LogP contribution in [0.3, 0.4) is 0 Å². The molecule has 2 aromatic carbocycles. The van der Waals surface area contributed by atoms with E-state index in [2.05, 4.69) is 16.4 Å². The summed E-state index contributed by atoms with van der Waals surface area (Å²) in [7, 11) is 1.70. The SMILES string of the molecule is COc1cccc2c1OC1(CCNCC1)N1N=C(c3ccccc3Cl)CC21. The summed E-state index contributed by atoms with van der Waals surface area (Å²) in [6.45, 7) is 1.81. The van der Waals surface area contributed by atoms with Gasteiger partial charge in [0.25, 0.3) is 0 Å². The zero-order valence-electron chi connectivity index (χ0n) is 15.2. The lowest BCUT2D eigenvalue weighted by molar-refractivity contribution is -0.137. The third kappa shape index (κ3) is 2.60. The molecule has 140 valence electrons. The van der Waals surface area contributed by atoms with E-state index in [1.54, 1.807) is 7.11 Å². The lowest BCUT2D eigenvalue weighted by Crippen LogP contribution is -2.58. The van der Waals surface area contributed by atoms with Gasteiger partial charge in [-0.05, 0) is 12.1 Å². The molecule has 3 aliphatic rings. The van der Waals surface area contributed by atoms with Crippen molar-refractivity contribution in [3.63, 3.8) is 0 Å². The van der Waals surface area contributed by atoms with E-state index in [0.717, 1.165) is 65.7 Å². The molecule has 1 fully saturated rings. The van der Waals surface area contributed by atoms with Gasteiger partial charge in [0.05, 0.1) is 18.9 Å². The van der Waals surface area contributed by atoms with Crippen LogP contribution in [0, 0.1) is 0 Å². The molecule has 0 aromatic heterocycles. The Labute approximate surface area is 163 Å². The van der Waals surface area contributed by atoms with Crippen molar-refractivity contribution < 1.29 is 9.47 Å². The highest BCUT2D eigenvalue weighted by Gasteiger charge is 2.51. The van der Waals surface area contributed by atoms with E-state index in [4.69, 9.17) is 26.2 Å². The predicted molar refractivity (Wildman–Crippen MR) is 106 cm³/mol. The fourth-order valence-corrected chi connectivity index (χ4v) is 4.68. The Kier molecular flexibility index (Phi) is 4.02. The number of nitrogens with zero attached hydrogens (tertiary/aromatic N) is 2. The number of para-hydroxylation sites is 1. The third-order valence-electron chi connectivity index (χ3n) is 5.78. The molecule has 1 unspecified atom stereocenters. The molecule has 6 heteroatoms. The molecule has 27 heavy (non-hydrogen) atoms. The smallest absolute Gasteiger partial charge is 0.200 e. The number of benzene rings is 2. The normalized spacial score (nSPS) is 22.7. The average Bonchev–Trinajstić information content (AvgIpc) is 3.15. The van der Waals surface area contributed by atoms with Gasteiger partial charge in [-0.1, -0.05) is 41.9 Å². The molecule has 0 aliphatic carbocycles. The van der Waals surface area contributed by atoms with Gasteiger partial charge in [0.1, 0.15) is 0 Å². The Morgan fingerprint density at radius 3 is 2.78 bits per heavy atom. The van der Waals surface area contributed by atoms with Gasteiger partial charge in [-0.25, -0.2) is 5.01 Å².